The maximum absolute atomic E-state index is 11.9. The summed E-state index contributed by atoms with van der Waals surface area (Å²) in [7, 11) is 0. The fraction of sp³-hybridized carbons (Fsp3) is 0.667. The molecule has 1 unspecified atom stereocenters. The Hall–Kier alpha value is -1.07. The van der Waals surface area contributed by atoms with Crippen LogP contribution in [0.5, 0.6) is 0 Å². The maximum Gasteiger partial charge on any atom is 0.287 e. The zero-order valence-corrected chi connectivity index (χ0v) is 11.3. The van der Waals surface area contributed by atoms with Crippen LogP contribution >= 0.6 is 11.6 Å². The Bertz CT molecular complexity index is 454. The van der Waals surface area contributed by atoms with Gasteiger partial charge in [-0.1, -0.05) is 18.5 Å². The number of hydrogen-bond donors (Lipinski definition) is 2. The van der Waals surface area contributed by atoms with Gasteiger partial charge in [0.05, 0.1) is 11.9 Å². The molecule has 1 aliphatic rings. The predicted octanol–water partition coefficient (Wildman–Crippen LogP) is 1.47. The number of nitrogens with one attached hydrogen (secondary N) is 2. The third-order valence-electron chi connectivity index (χ3n) is 3.12. The van der Waals surface area contributed by atoms with E-state index in [1.807, 2.05) is 6.92 Å². The normalized spacial score (nSPS) is 19.1. The van der Waals surface area contributed by atoms with Gasteiger partial charge in [-0.25, -0.2) is 4.68 Å². The van der Waals surface area contributed by atoms with Gasteiger partial charge in [-0.05, 0) is 25.8 Å². The van der Waals surface area contributed by atoms with E-state index in [1.54, 1.807) is 6.20 Å². The molecule has 1 aromatic heterocycles. The lowest BCUT2D eigenvalue weighted by atomic mass is 10.2. The Balaban J connectivity index is 2.04. The molecule has 2 N–H and O–H groups in total. The fourth-order valence-corrected chi connectivity index (χ4v) is 2.34. The average molecular weight is 271 g/mol. The topological polar surface area (TPSA) is 59.0 Å². The molecule has 5 nitrogen and oxygen atoms in total. The van der Waals surface area contributed by atoms with Gasteiger partial charge in [0.2, 0.25) is 0 Å². The molecule has 1 aromatic rings. The number of anilines is 1. The van der Waals surface area contributed by atoms with Crippen LogP contribution in [0.4, 0.5) is 5.69 Å². The summed E-state index contributed by atoms with van der Waals surface area (Å²) in [5.41, 5.74) is 0.408. The molecule has 0 aliphatic carbocycles. The number of aryl methyl sites for hydroxylation is 1. The van der Waals surface area contributed by atoms with Gasteiger partial charge in [0.1, 0.15) is 5.02 Å². The summed E-state index contributed by atoms with van der Waals surface area (Å²) in [5.74, 6) is 0. The molecule has 6 heteroatoms. The van der Waals surface area contributed by atoms with E-state index in [4.69, 9.17) is 11.6 Å². The van der Waals surface area contributed by atoms with Crippen molar-refractivity contribution in [3.8, 4) is 0 Å². The van der Waals surface area contributed by atoms with Gasteiger partial charge >= 0.3 is 0 Å². The van der Waals surface area contributed by atoms with Crippen molar-refractivity contribution in [3.63, 3.8) is 0 Å². The van der Waals surface area contributed by atoms with Crippen LogP contribution in [0.15, 0.2) is 11.0 Å². The van der Waals surface area contributed by atoms with Gasteiger partial charge in [-0.15, -0.1) is 0 Å². The molecule has 0 amide bonds. The summed E-state index contributed by atoms with van der Waals surface area (Å²) in [6, 6.07) is 0.458. The summed E-state index contributed by atoms with van der Waals surface area (Å²) in [4.78, 5) is 11.9. The molecule has 0 aromatic carbocycles. The molecule has 18 heavy (non-hydrogen) atoms. The molecule has 0 saturated carbocycles. The molecule has 0 spiro atoms. The second kappa shape index (κ2) is 6.20. The number of rotatable bonds is 5. The van der Waals surface area contributed by atoms with Crippen LogP contribution in [0.3, 0.4) is 0 Å². The Morgan fingerprint density at radius 1 is 1.67 bits per heavy atom. The van der Waals surface area contributed by atoms with Gasteiger partial charge in [-0.2, -0.15) is 5.10 Å². The monoisotopic (exact) mass is 270 g/mol. The SMILES string of the molecule is CCCn1ncc(NCC2CCCN2)c(Cl)c1=O. The third kappa shape index (κ3) is 3.03. The molecule has 0 bridgehead atoms. The van der Waals surface area contributed by atoms with E-state index < -0.39 is 0 Å². The first-order chi connectivity index (χ1) is 8.72. The van der Waals surface area contributed by atoms with Crippen molar-refractivity contribution < 1.29 is 0 Å². The molecule has 2 heterocycles. The number of hydrogen-bond acceptors (Lipinski definition) is 4. The largest absolute Gasteiger partial charge is 0.381 e. The van der Waals surface area contributed by atoms with Crippen LogP contribution in [0, 0.1) is 0 Å². The maximum atomic E-state index is 11.9. The summed E-state index contributed by atoms with van der Waals surface area (Å²) >= 11 is 6.06. The number of halogens is 1. The van der Waals surface area contributed by atoms with E-state index in [0.717, 1.165) is 25.9 Å². The molecule has 1 fully saturated rings. The summed E-state index contributed by atoms with van der Waals surface area (Å²) in [5, 5.41) is 10.9. The number of nitrogens with zero attached hydrogens (tertiary/aromatic N) is 2. The average Bonchev–Trinajstić information content (AvgIpc) is 2.87. The van der Waals surface area contributed by atoms with Gasteiger partial charge in [0, 0.05) is 19.1 Å². The Morgan fingerprint density at radius 2 is 2.50 bits per heavy atom. The Kier molecular flexibility index (Phi) is 4.60. The zero-order valence-electron chi connectivity index (χ0n) is 10.6. The van der Waals surface area contributed by atoms with E-state index >= 15 is 0 Å². The highest BCUT2D eigenvalue weighted by atomic mass is 35.5. The van der Waals surface area contributed by atoms with Crippen molar-refractivity contribution >= 4 is 17.3 Å². The summed E-state index contributed by atoms with van der Waals surface area (Å²) in [6.07, 6.45) is 4.86. The van der Waals surface area contributed by atoms with Crippen LogP contribution in [0.1, 0.15) is 26.2 Å². The highest BCUT2D eigenvalue weighted by Crippen LogP contribution is 2.16. The fourth-order valence-electron chi connectivity index (χ4n) is 2.12. The standard InChI is InChI=1S/C12H19ClN4O/c1-2-6-17-12(18)11(13)10(8-16-17)15-7-9-4-3-5-14-9/h8-9,14-15H,2-7H2,1H3. The minimum Gasteiger partial charge on any atom is -0.381 e. The van der Waals surface area contributed by atoms with Crippen LogP contribution in [-0.2, 0) is 6.54 Å². The molecule has 1 aliphatic heterocycles. The molecular weight excluding hydrogens is 252 g/mol. The summed E-state index contributed by atoms with van der Waals surface area (Å²) < 4.78 is 1.40. The van der Waals surface area contributed by atoms with Crippen molar-refractivity contribution in [1.82, 2.24) is 15.1 Å². The molecule has 1 atom stereocenters. The predicted molar refractivity (Wildman–Crippen MR) is 73.3 cm³/mol. The van der Waals surface area contributed by atoms with E-state index in [2.05, 4.69) is 15.7 Å². The van der Waals surface area contributed by atoms with Crippen molar-refractivity contribution in [1.29, 1.82) is 0 Å². The van der Waals surface area contributed by atoms with Gasteiger partial charge in [0.25, 0.3) is 5.56 Å². The zero-order chi connectivity index (χ0) is 13.0. The van der Waals surface area contributed by atoms with E-state index in [9.17, 15) is 4.79 Å². The molecule has 2 rings (SSSR count). The first kappa shape index (κ1) is 13.4. The lowest BCUT2D eigenvalue weighted by Gasteiger charge is -2.13. The summed E-state index contributed by atoms with van der Waals surface area (Å²) in [6.45, 7) is 4.44. The lowest BCUT2D eigenvalue weighted by Crippen LogP contribution is -2.30. The quantitative estimate of drug-likeness (QED) is 0.851. The van der Waals surface area contributed by atoms with Gasteiger partial charge in [-0.3, -0.25) is 4.79 Å². The highest BCUT2D eigenvalue weighted by Gasteiger charge is 2.15. The first-order valence-corrected chi connectivity index (χ1v) is 6.83. The van der Waals surface area contributed by atoms with Gasteiger partial charge in [0.15, 0.2) is 0 Å². The van der Waals surface area contributed by atoms with E-state index in [0.29, 0.717) is 18.3 Å². The first-order valence-electron chi connectivity index (χ1n) is 6.45. The van der Waals surface area contributed by atoms with Crippen molar-refractivity contribution in [2.45, 2.75) is 38.8 Å². The molecule has 100 valence electrons. The van der Waals surface area contributed by atoms with Gasteiger partial charge < -0.3 is 10.6 Å². The molecular formula is C12H19ClN4O. The van der Waals surface area contributed by atoms with Crippen molar-refractivity contribution in [2.75, 3.05) is 18.4 Å². The lowest BCUT2D eigenvalue weighted by molar-refractivity contribution is 0.568. The van der Waals surface area contributed by atoms with Crippen LogP contribution < -0.4 is 16.2 Å². The minimum atomic E-state index is -0.220. The minimum absolute atomic E-state index is 0.220. The van der Waals surface area contributed by atoms with Crippen molar-refractivity contribution in [2.24, 2.45) is 0 Å². The number of aromatic nitrogens is 2. The van der Waals surface area contributed by atoms with E-state index in [-0.39, 0.29) is 10.6 Å². The second-order valence-electron chi connectivity index (χ2n) is 4.57. The highest BCUT2D eigenvalue weighted by molar-refractivity contribution is 6.32. The Morgan fingerprint density at radius 3 is 3.17 bits per heavy atom. The molecule has 0 radical (unpaired) electrons. The third-order valence-corrected chi connectivity index (χ3v) is 3.49. The van der Waals surface area contributed by atoms with Crippen LogP contribution in [-0.4, -0.2) is 28.9 Å². The van der Waals surface area contributed by atoms with Crippen molar-refractivity contribution in [3.05, 3.63) is 21.6 Å². The Labute approximate surface area is 112 Å². The smallest absolute Gasteiger partial charge is 0.287 e. The van der Waals surface area contributed by atoms with E-state index in [1.165, 1.54) is 11.1 Å². The molecule has 1 saturated heterocycles. The van der Waals surface area contributed by atoms with Crippen LogP contribution in [0.2, 0.25) is 5.02 Å². The van der Waals surface area contributed by atoms with Crippen LogP contribution in [0.25, 0.3) is 0 Å². The second-order valence-corrected chi connectivity index (χ2v) is 4.95.